The van der Waals surface area contributed by atoms with Crippen LogP contribution in [0.2, 0.25) is 0 Å². The van der Waals surface area contributed by atoms with Crippen molar-refractivity contribution in [3.63, 3.8) is 0 Å². The molecule has 1 fully saturated rings. The van der Waals surface area contributed by atoms with E-state index in [-0.39, 0.29) is 11.8 Å². The number of rotatable bonds is 2. The Bertz CT molecular complexity index is 379. The predicted octanol–water partition coefficient (Wildman–Crippen LogP) is 2.67. The third-order valence-electron chi connectivity index (χ3n) is 2.62. The van der Waals surface area contributed by atoms with E-state index in [1.165, 1.54) is 10.5 Å². The molecule has 0 radical (unpaired) electrons. The van der Waals surface area contributed by atoms with Gasteiger partial charge in [0.25, 0.3) is 0 Å². The van der Waals surface area contributed by atoms with Gasteiger partial charge < -0.3 is 0 Å². The summed E-state index contributed by atoms with van der Waals surface area (Å²) >= 11 is 0. The van der Waals surface area contributed by atoms with E-state index in [2.05, 4.69) is 0 Å². The van der Waals surface area contributed by atoms with Crippen LogP contribution in [0.1, 0.15) is 37.8 Å². The third kappa shape index (κ3) is 3.41. The number of carbonyl (C=O) groups is 2. The highest BCUT2D eigenvalue weighted by atomic mass is 16.2. The standard InChI is InChI=1S/C12H13NO2.C2H6/c1-9-2-4-10(5-3-9)8-13-11(14)6-7-12(13)15;1-2/h2-5H,6-8H2,1H3;1-2H3. The van der Waals surface area contributed by atoms with Gasteiger partial charge in [-0.25, -0.2) is 0 Å². The second-order valence-corrected chi connectivity index (χ2v) is 3.86. The smallest absolute Gasteiger partial charge is 0.229 e. The van der Waals surface area contributed by atoms with Crippen molar-refractivity contribution in [3.05, 3.63) is 35.4 Å². The number of likely N-dealkylation sites (tertiary alicyclic amines) is 1. The molecule has 0 aliphatic carbocycles. The van der Waals surface area contributed by atoms with Crippen LogP contribution in [0.25, 0.3) is 0 Å². The lowest BCUT2D eigenvalue weighted by molar-refractivity contribution is -0.139. The summed E-state index contributed by atoms with van der Waals surface area (Å²) in [5.74, 6) is -0.110. The van der Waals surface area contributed by atoms with E-state index in [1.54, 1.807) is 0 Å². The van der Waals surface area contributed by atoms with Gasteiger partial charge in [-0.05, 0) is 12.5 Å². The molecule has 0 atom stereocenters. The van der Waals surface area contributed by atoms with Crippen molar-refractivity contribution in [2.45, 2.75) is 40.2 Å². The molecule has 1 aromatic carbocycles. The first-order chi connectivity index (χ1) is 8.16. The molecule has 2 rings (SSSR count). The predicted molar refractivity (Wildman–Crippen MR) is 67.3 cm³/mol. The Morgan fingerprint density at radius 3 is 1.94 bits per heavy atom. The first kappa shape index (κ1) is 13.4. The Kier molecular flexibility index (Phi) is 4.88. The SMILES string of the molecule is CC.Cc1ccc(CN2C(=O)CCC2=O)cc1. The Balaban J connectivity index is 0.000000686. The molecule has 0 unspecified atom stereocenters. The van der Waals surface area contributed by atoms with Crippen LogP contribution in [0.15, 0.2) is 24.3 Å². The highest BCUT2D eigenvalue weighted by Crippen LogP contribution is 2.15. The molecule has 3 heteroatoms. The van der Waals surface area contributed by atoms with Gasteiger partial charge in [-0.1, -0.05) is 43.7 Å². The van der Waals surface area contributed by atoms with E-state index in [0.717, 1.165) is 5.56 Å². The number of aryl methyl sites for hydroxylation is 1. The number of nitrogens with zero attached hydrogens (tertiary/aromatic N) is 1. The van der Waals surface area contributed by atoms with Gasteiger partial charge in [-0.3, -0.25) is 14.5 Å². The summed E-state index contributed by atoms with van der Waals surface area (Å²) in [6.45, 7) is 6.42. The highest BCUT2D eigenvalue weighted by Gasteiger charge is 2.28. The quantitative estimate of drug-likeness (QED) is 0.736. The zero-order valence-corrected chi connectivity index (χ0v) is 10.7. The van der Waals surface area contributed by atoms with Crippen LogP contribution < -0.4 is 0 Å². The number of carbonyl (C=O) groups excluding carboxylic acids is 2. The van der Waals surface area contributed by atoms with Crippen LogP contribution in [0.3, 0.4) is 0 Å². The maximum absolute atomic E-state index is 11.4. The molecule has 0 N–H and O–H groups in total. The maximum Gasteiger partial charge on any atom is 0.229 e. The highest BCUT2D eigenvalue weighted by molar-refractivity contribution is 6.01. The Labute approximate surface area is 102 Å². The van der Waals surface area contributed by atoms with E-state index in [4.69, 9.17) is 0 Å². The fraction of sp³-hybridized carbons (Fsp3) is 0.429. The minimum atomic E-state index is -0.0550. The van der Waals surface area contributed by atoms with Crippen LogP contribution >= 0.6 is 0 Å². The topological polar surface area (TPSA) is 37.4 Å². The summed E-state index contributed by atoms with van der Waals surface area (Å²) in [6.07, 6.45) is 0.732. The number of benzene rings is 1. The Morgan fingerprint density at radius 1 is 1.00 bits per heavy atom. The second-order valence-electron chi connectivity index (χ2n) is 3.86. The second kappa shape index (κ2) is 6.18. The summed E-state index contributed by atoms with van der Waals surface area (Å²) in [5.41, 5.74) is 2.18. The summed E-state index contributed by atoms with van der Waals surface area (Å²) in [6, 6.07) is 7.88. The number of hydrogen-bond donors (Lipinski definition) is 0. The van der Waals surface area contributed by atoms with E-state index < -0.39 is 0 Å². The molecule has 1 aliphatic rings. The number of amides is 2. The lowest BCUT2D eigenvalue weighted by atomic mass is 10.1. The van der Waals surface area contributed by atoms with Crippen LogP contribution in [-0.4, -0.2) is 16.7 Å². The molecule has 1 aliphatic heterocycles. The van der Waals surface area contributed by atoms with Crippen molar-refractivity contribution in [1.82, 2.24) is 4.90 Å². The van der Waals surface area contributed by atoms with Crippen molar-refractivity contribution in [1.29, 1.82) is 0 Å². The van der Waals surface area contributed by atoms with Gasteiger partial charge in [0.1, 0.15) is 0 Å². The van der Waals surface area contributed by atoms with Crippen molar-refractivity contribution >= 4 is 11.8 Å². The lowest BCUT2D eigenvalue weighted by Crippen LogP contribution is -2.28. The fourth-order valence-corrected chi connectivity index (χ4v) is 1.68. The molecule has 1 aromatic rings. The molecule has 0 spiro atoms. The third-order valence-corrected chi connectivity index (χ3v) is 2.62. The average Bonchev–Trinajstić information content (AvgIpc) is 2.66. The minimum Gasteiger partial charge on any atom is -0.278 e. The maximum atomic E-state index is 11.4. The van der Waals surface area contributed by atoms with Crippen LogP contribution in [0.4, 0.5) is 0 Å². The van der Waals surface area contributed by atoms with Crippen molar-refractivity contribution < 1.29 is 9.59 Å². The van der Waals surface area contributed by atoms with Gasteiger partial charge in [-0.15, -0.1) is 0 Å². The van der Waals surface area contributed by atoms with Gasteiger partial charge in [0.05, 0.1) is 6.54 Å². The molecule has 1 heterocycles. The summed E-state index contributed by atoms with van der Waals surface area (Å²) in [4.78, 5) is 24.1. The van der Waals surface area contributed by atoms with Gasteiger partial charge in [0.15, 0.2) is 0 Å². The van der Waals surface area contributed by atoms with Gasteiger partial charge in [0.2, 0.25) is 11.8 Å². The van der Waals surface area contributed by atoms with E-state index >= 15 is 0 Å². The monoisotopic (exact) mass is 233 g/mol. The molecule has 92 valence electrons. The first-order valence-electron chi connectivity index (χ1n) is 6.05. The minimum absolute atomic E-state index is 0.0550. The van der Waals surface area contributed by atoms with Crippen molar-refractivity contribution in [2.75, 3.05) is 0 Å². The van der Waals surface area contributed by atoms with Gasteiger partial charge >= 0.3 is 0 Å². The number of hydrogen-bond acceptors (Lipinski definition) is 2. The van der Waals surface area contributed by atoms with E-state index in [9.17, 15) is 9.59 Å². The Morgan fingerprint density at radius 2 is 1.47 bits per heavy atom. The Hall–Kier alpha value is -1.64. The summed E-state index contributed by atoms with van der Waals surface area (Å²) in [7, 11) is 0. The van der Waals surface area contributed by atoms with Crippen molar-refractivity contribution in [3.8, 4) is 0 Å². The fourth-order valence-electron chi connectivity index (χ4n) is 1.68. The van der Waals surface area contributed by atoms with Crippen LogP contribution in [0, 0.1) is 6.92 Å². The van der Waals surface area contributed by atoms with Gasteiger partial charge in [0, 0.05) is 12.8 Å². The molecular weight excluding hydrogens is 214 g/mol. The lowest BCUT2D eigenvalue weighted by Gasteiger charge is -2.13. The molecule has 1 saturated heterocycles. The normalized spacial score (nSPS) is 14.6. The molecule has 0 aromatic heterocycles. The summed E-state index contributed by atoms with van der Waals surface area (Å²) in [5, 5.41) is 0. The molecule has 2 amide bonds. The van der Waals surface area contributed by atoms with Crippen molar-refractivity contribution in [2.24, 2.45) is 0 Å². The van der Waals surface area contributed by atoms with Gasteiger partial charge in [-0.2, -0.15) is 0 Å². The molecular formula is C14H19NO2. The molecule has 17 heavy (non-hydrogen) atoms. The zero-order valence-electron chi connectivity index (χ0n) is 10.7. The van der Waals surface area contributed by atoms with E-state index in [1.807, 2.05) is 45.0 Å². The van der Waals surface area contributed by atoms with Crippen LogP contribution in [0.5, 0.6) is 0 Å². The first-order valence-corrected chi connectivity index (χ1v) is 6.05. The van der Waals surface area contributed by atoms with E-state index in [0.29, 0.717) is 19.4 Å². The largest absolute Gasteiger partial charge is 0.278 e. The average molecular weight is 233 g/mol. The van der Waals surface area contributed by atoms with Crippen LogP contribution in [-0.2, 0) is 16.1 Å². The molecule has 3 nitrogen and oxygen atoms in total. The zero-order chi connectivity index (χ0) is 12.8. The molecule has 0 bridgehead atoms. The summed E-state index contributed by atoms with van der Waals surface area (Å²) < 4.78 is 0. The number of imide groups is 1. The molecule has 0 saturated carbocycles.